The van der Waals surface area contributed by atoms with Gasteiger partial charge in [-0.2, -0.15) is 0 Å². The fraction of sp³-hybridized carbons (Fsp3) is 0.846. The molecule has 110 valence electrons. The predicted molar refractivity (Wildman–Crippen MR) is 70.9 cm³/mol. The SMILES string of the molecule is CCCC(C)(NC(=O)N1CCC(CCO)C1)C(=O)O. The number of carboxylic acid groups (broad SMARTS) is 1. The van der Waals surface area contributed by atoms with Crippen LogP contribution in [-0.4, -0.2) is 52.3 Å². The Morgan fingerprint density at radius 3 is 2.68 bits per heavy atom. The molecular formula is C13H24N2O4. The van der Waals surface area contributed by atoms with Crippen LogP contribution in [0, 0.1) is 5.92 Å². The van der Waals surface area contributed by atoms with Crippen LogP contribution in [0.1, 0.15) is 39.5 Å². The number of carbonyl (C=O) groups is 2. The van der Waals surface area contributed by atoms with Crippen LogP contribution in [0.4, 0.5) is 4.79 Å². The van der Waals surface area contributed by atoms with E-state index in [1.165, 1.54) is 6.92 Å². The van der Waals surface area contributed by atoms with Crippen molar-refractivity contribution in [3.8, 4) is 0 Å². The fourth-order valence-corrected chi connectivity index (χ4v) is 2.47. The molecule has 1 aliphatic heterocycles. The summed E-state index contributed by atoms with van der Waals surface area (Å²) in [6.45, 7) is 4.77. The second-order valence-electron chi connectivity index (χ2n) is 5.43. The average molecular weight is 272 g/mol. The van der Waals surface area contributed by atoms with E-state index in [1.807, 2.05) is 6.92 Å². The van der Waals surface area contributed by atoms with E-state index in [2.05, 4.69) is 5.32 Å². The number of aliphatic hydroxyl groups is 1. The van der Waals surface area contributed by atoms with Gasteiger partial charge in [0.2, 0.25) is 0 Å². The summed E-state index contributed by atoms with van der Waals surface area (Å²) in [4.78, 5) is 25.0. The van der Waals surface area contributed by atoms with Crippen molar-refractivity contribution in [2.45, 2.75) is 45.1 Å². The number of carbonyl (C=O) groups excluding carboxylic acids is 1. The molecular weight excluding hydrogens is 248 g/mol. The standard InChI is InChI=1S/C13H24N2O4/c1-3-6-13(2,11(17)18)14-12(19)15-7-4-10(9-15)5-8-16/h10,16H,3-9H2,1-2H3,(H,14,19)(H,17,18). The van der Waals surface area contributed by atoms with E-state index in [0.29, 0.717) is 38.3 Å². The minimum atomic E-state index is -1.21. The quantitative estimate of drug-likeness (QED) is 0.674. The van der Waals surface area contributed by atoms with Crippen molar-refractivity contribution in [2.24, 2.45) is 5.92 Å². The molecule has 0 aromatic rings. The van der Waals surface area contributed by atoms with Crippen molar-refractivity contribution in [3.05, 3.63) is 0 Å². The number of hydrogen-bond acceptors (Lipinski definition) is 3. The van der Waals surface area contributed by atoms with Crippen LogP contribution in [0.3, 0.4) is 0 Å². The number of nitrogens with one attached hydrogen (secondary N) is 1. The third-order valence-corrected chi connectivity index (χ3v) is 3.72. The molecule has 2 unspecified atom stereocenters. The molecule has 2 atom stereocenters. The zero-order valence-electron chi connectivity index (χ0n) is 11.7. The minimum Gasteiger partial charge on any atom is -0.480 e. The molecule has 1 rings (SSSR count). The van der Waals surface area contributed by atoms with E-state index in [0.717, 1.165) is 6.42 Å². The highest BCUT2D eigenvalue weighted by molar-refractivity contribution is 5.86. The molecule has 0 aliphatic carbocycles. The minimum absolute atomic E-state index is 0.128. The van der Waals surface area contributed by atoms with Crippen LogP contribution in [0.2, 0.25) is 0 Å². The fourth-order valence-electron chi connectivity index (χ4n) is 2.47. The monoisotopic (exact) mass is 272 g/mol. The Morgan fingerprint density at radius 1 is 1.47 bits per heavy atom. The van der Waals surface area contributed by atoms with Gasteiger partial charge in [0.05, 0.1) is 0 Å². The summed E-state index contributed by atoms with van der Waals surface area (Å²) in [5.74, 6) is -0.688. The lowest BCUT2D eigenvalue weighted by Crippen LogP contribution is -2.55. The van der Waals surface area contributed by atoms with Gasteiger partial charge in [-0.3, -0.25) is 0 Å². The van der Waals surface area contributed by atoms with Crippen LogP contribution in [0.5, 0.6) is 0 Å². The summed E-state index contributed by atoms with van der Waals surface area (Å²) in [5, 5.41) is 20.7. The lowest BCUT2D eigenvalue weighted by Gasteiger charge is -2.28. The number of nitrogens with zero attached hydrogens (tertiary/aromatic N) is 1. The van der Waals surface area contributed by atoms with Crippen molar-refractivity contribution < 1.29 is 19.8 Å². The first kappa shape index (κ1) is 15.8. The first-order chi connectivity index (χ1) is 8.92. The first-order valence-corrected chi connectivity index (χ1v) is 6.84. The van der Waals surface area contributed by atoms with Gasteiger partial charge in [-0.05, 0) is 32.1 Å². The maximum Gasteiger partial charge on any atom is 0.329 e. The second-order valence-corrected chi connectivity index (χ2v) is 5.43. The van der Waals surface area contributed by atoms with Crippen molar-refractivity contribution in [2.75, 3.05) is 19.7 Å². The van der Waals surface area contributed by atoms with Crippen molar-refractivity contribution in [1.29, 1.82) is 0 Å². The molecule has 0 aromatic carbocycles. The highest BCUT2D eigenvalue weighted by atomic mass is 16.4. The van der Waals surface area contributed by atoms with E-state index in [1.54, 1.807) is 4.90 Å². The average Bonchev–Trinajstić information content (AvgIpc) is 2.78. The molecule has 1 heterocycles. The number of carboxylic acids is 1. The Labute approximate surface area is 113 Å². The van der Waals surface area contributed by atoms with Crippen LogP contribution < -0.4 is 5.32 Å². The summed E-state index contributed by atoms with van der Waals surface area (Å²) >= 11 is 0. The topological polar surface area (TPSA) is 89.9 Å². The largest absolute Gasteiger partial charge is 0.480 e. The van der Waals surface area contributed by atoms with Gasteiger partial charge in [0.15, 0.2) is 0 Å². The van der Waals surface area contributed by atoms with Crippen LogP contribution in [0.25, 0.3) is 0 Å². The molecule has 1 aliphatic rings. The third-order valence-electron chi connectivity index (χ3n) is 3.72. The highest BCUT2D eigenvalue weighted by Gasteiger charge is 2.36. The zero-order valence-corrected chi connectivity index (χ0v) is 11.7. The van der Waals surface area contributed by atoms with E-state index in [4.69, 9.17) is 5.11 Å². The molecule has 1 saturated heterocycles. The highest BCUT2D eigenvalue weighted by Crippen LogP contribution is 2.20. The van der Waals surface area contributed by atoms with E-state index < -0.39 is 11.5 Å². The normalized spacial score (nSPS) is 22.1. The Kier molecular flexibility index (Phi) is 5.60. The Bertz CT molecular complexity index is 335. The van der Waals surface area contributed by atoms with Crippen LogP contribution in [-0.2, 0) is 4.79 Å². The Balaban J connectivity index is 2.56. The molecule has 19 heavy (non-hydrogen) atoms. The molecule has 0 aromatic heterocycles. The Hall–Kier alpha value is -1.30. The number of aliphatic hydroxyl groups excluding tert-OH is 1. The number of hydrogen-bond donors (Lipinski definition) is 3. The Morgan fingerprint density at radius 2 is 2.16 bits per heavy atom. The van der Waals surface area contributed by atoms with Gasteiger partial charge in [-0.1, -0.05) is 13.3 Å². The predicted octanol–water partition coefficient (Wildman–Crippen LogP) is 1.04. The van der Waals surface area contributed by atoms with Crippen molar-refractivity contribution >= 4 is 12.0 Å². The number of likely N-dealkylation sites (tertiary alicyclic amines) is 1. The van der Waals surface area contributed by atoms with E-state index >= 15 is 0 Å². The molecule has 3 N–H and O–H groups in total. The zero-order chi connectivity index (χ0) is 14.5. The van der Waals surface area contributed by atoms with E-state index in [9.17, 15) is 14.7 Å². The summed E-state index contributed by atoms with van der Waals surface area (Å²) in [7, 11) is 0. The summed E-state index contributed by atoms with van der Waals surface area (Å²) in [6, 6.07) is -0.321. The molecule has 6 nitrogen and oxygen atoms in total. The molecule has 6 heteroatoms. The number of rotatable bonds is 6. The third kappa shape index (κ3) is 4.09. The van der Waals surface area contributed by atoms with Gasteiger partial charge in [0.1, 0.15) is 5.54 Å². The van der Waals surface area contributed by atoms with Gasteiger partial charge in [-0.25, -0.2) is 9.59 Å². The smallest absolute Gasteiger partial charge is 0.329 e. The van der Waals surface area contributed by atoms with Gasteiger partial charge < -0.3 is 20.4 Å². The van der Waals surface area contributed by atoms with Crippen molar-refractivity contribution in [3.63, 3.8) is 0 Å². The second kappa shape index (κ2) is 6.75. The lowest BCUT2D eigenvalue weighted by atomic mass is 9.96. The maximum absolute atomic E-state index is 12.1. The summed E-state index contributed by atoms with van der Waals surface area (Å²) in [5.41, 5.74) is -1.21. The lowest BCUT2D eigenvalue weighted by molar-refractivity contribution is -0.144. The number of urea groups is 1. The molecule has 0 spiro atoms. The molecule has 0 saturated carbocycles. The summed E-state index contributed by atoms with van der Waals surface area (Å²) < 4.78 is 0. The van der Waals surface area contributed by atoms with Crippen molar-refractivity contribution in [1.82, 2.24) is 10.2 Å². The van der Waals surface area contributed by atoms with Gasteiger partial charge >= 0.3 is 12.0 Å². The number of aliphatic carboxylic acids is 1. The van der Waals surface area contributed by atoms with Gasteiger partial charge in [0, 0.05) is 19.7 Å². The molecule has 0 radical (unpaired) electrons. The van der Waals surface area contributed by atoms with Crippen LogP contribution >= 0.6 is 0 Å². The van der Waals surface area contributed by atoms with Gasteiger partial charge in [0.25, 0.3) is 0 Å². The van der Waals surface area contributed by atoms with E-state index in [-0.39, 0.29) is 12.6 Å². The summed E-state index contributed by atoms with van der Waals surface area (Å²) in [6.07, 6.45) is 2.65. The number of amides is 2. The molecule has 2 amide bonds. The maximum atomic E-state index is 12.1. The van der Waals surface area contributed by atoms with Gasteiger partial charge in [-0.15, -0.1) is 0 Å². The molecule has 1 fully saturated rings. The van der Waals surface area contributed by atoms with Crippen LogP contribution in [0.15, 0.2) is 0 Å². The first-order valence-electron chi connectivity index (χ1n) is 6.84. The molecule has 0 bridgehead atoms.